The molecule has 4 heteroatoms. The van der Waals surface area contributed by atoms with Gasteiger partial charge in [-0.25, -0.2) is 0 Å². The van der Waals surface area contributed by atoms with E-state index in [0.717, 1.165) is 19.4 Å². The Morgan fingerprint density at radius 1 is 1.53 bits per heavy atom. The van der Waals surface area contributed by atoms with Crippen molar-refractivity contribution in [2.24, 2.45) is 0 Å². The van der Waals surface area contributed by atoms with Gasteiger partial charge in [0.25, 0.3) is 0 Å². The van der Waals surface area contributed by atoms with E-state index in [1.54, 1.807) is 0 Å². The molecule has 1 aromatic heterocycles. The molecule has 0 bridgehead atoms. The molecule has 0 spiro atoms. The van der Waals surface area contributed by atoms with Gasteiger partial charge < -0.3 is 10.4 Å². The fourth-order valence-electron chi connectivity index (χ4n) is 2.38. The number of aliphatic carboxylic acids is 1. The van der Waals surface area contributed by atoms with Crippen molar-refractivity contribution in [2.45, 2.75) is 44.6 Å². The molecule has 1 heterocycles. The van der Waals surface area contributed by atoms with E-state index < -0.39 is 5.97 Å². The monoisotopic (exact) mass is 253 g/mol. The lowest BCUT2D eigenvalue weighted by Crippen LogP contribution is -2.25. The predicted octanol–water partition coefficient (Wildman–Crippen LogP) is 2.97. The van der Waals surface area contributed by atoms with Crippen LogP contribution in [-0.2, 0) is 11.2 Å². The van der Waals surface area contributed by atoms with Crippen LogP contribution < -0.4 is 5.32 Å². The first kappa shape index (κ1) is 12.6. The van der Waals surface area contributed by atoms with E-state index in [-0.39, 0.29) is 6.42 Å². The summed E-state index contributed by atoms with van der Waals surface area (Å²) in [6.07, 6.45) is 5.71. The molecule has 0 amide bonds. The third kappa shape index (κ3) is 3.54. The summed E-state index contributed by atoms with van der Waals surface area (Å²) < 4.78 is 0. The van der Waals surface area contributed by atoms with Crippen molar-refractivity contribution < 1.29 is 9.90 Å². The van der Waals surface area contributed by atoms with E-state index in [0.29, 0.717) is 6.04 Å². The second-order valence-corrected chi connectivity index (χ2v) is 5.55. The summed E-state index contributed by atoms with van der Waals surface area (Å²) in [4.78, 5) is 11.9. The molecule has 1 aliphatic carbocycles. The minimum atomic E-state index is -0.692. The molecule has 3 nitrogen and oxygen atoms in total. The Hall–Kier alpha value is -0.870. The average molecular weight is 253 g/mol. The summed E-state index contributed by atoms with van der Waals surface area (Å²) in [5, 5.41) is 14.3. The summed E-state index contributed by atoms with van der Waals surface area (Å²) in [5.41, 5.74) is 1.47. The highest BCUT2D eigenvalue weighted by Gasteiger charge is 2.20. The number of carboxylic acid groups (broad SMARTS) is 1. The minimum Gasteiger partial charge on any atom is -0.481 e. The summed E-state index contributed by atoms with van der Waals surface area (Å²) in [6.45, 7) is 0.924. The number of thiophene rings is 1. The van der Waals surface area contributed by atoms with E-state index in [1.807, 2.05) is 11.3 Å². The van der Waals surface area contributed by atoms with Crippen molar-refractivity contribution in [3.8, 4) is 0 Å². The smallest absolute Gasteiger partial charge is 0.303 e. The number of carbonyl (C=O) groups is 1. The number of unbranched alkanes of at least 4 members (excludes halogenated alkanes) is 1. The van der Waals surface area contributed by atoms with E-state index in [9.17, 15) is 4.79 Å². The zero-order valence-corrected chi connectivity index (χ0v) is 10.8. The number of hydrogen-bond donors (Lipinski definition) is 2. The van der Waals surface area contributed by atoms with Crippen molar-refractivity contribution in [3.05, 3.63) is 21.9 Å². The number of fused-ring (bicyclic) bond motifs is 1. The zero-order valence-electron chi connectivity index (χ0n) is 9.95. The minimum absolute atomic E-state index is 0.288. The van der Waals surface area contributed by atoms with Crippen LogP contribution in [0.15, 0.2) is 11.4 Å². The van der Waals surface area contributed by atoms with Crippen LogP contribution in [0.5, 0.6) is 0 Å². The molecule has 0 radical (unpaired) electrons. The Kier molecular flexibility index (Phi) is 4.57. The fourth-order valence-corrected chi connectivity index (χ4v) is 3.36. The number of carboxylic acids is 1. The summed E-state index contributed by atoms with van der Waals surface area (Å²) in [7, 11) is 0. The van der Waals surface area contributed by atoms with Crippen molar-refractivity contribution in [2.75, 3.05) is 6.54 Å². The first-order chi connectivity index (χ1) is 8.27. The maximum atomic E-state index is 10.4. The van der Waals surface area contributed by atoms with Crippen LogP contribution >= 0.6 is 11.3 Å². The topological polar surface area (TPSA) is 49.3 Å². The third-order valence-electron chi connectivity index (χ3n) is 3.26. The zero-order chi connectivity index (χ0) is 12.1. The van der Waals surface area contributed by atoms with E-state index in [4.69, 9.17) is 5.11 Å². The molecular weight excluding hydrogens is 234 g/mol. The molecule has 1 unspecified atom stereocenters. The van der Waals surface area contributed by atoms with Crippen LogP contribution in [-0.4, -0.2) is 17.6 Å². The Labute approximate surface area is 106 Å². The highest BCUT2D eigenvalue weighted by atomic mass is 32.1. The lowest BCUT2D eigenvalue weighted by atomic mass is 9.94. The van der Waals surface area contributed by atoms with Gasteiger partial charge in [-0.2, -0.15) is 0 Å². The molecule has 17 heavy (non-hydrogen) atoms. The normalized spacial score (nSPS) is 18.9. The number of aryl methyl sites for hydroxylation is 1. The highest BCUT2D eigenvalue weighted by Crippen LogP contribution is 2.33. The van der Waals surface area contributed by atoms with Gasteiger partial charge in [-0.15, -0.1) is 11.3 Å². The second kappa shape index (κ2) is 6.17. The van der Waals surface area contributed by atoms with Gasteiger partial charge in [-0.05, 0) is 55.7 Å². The number of nitrogens with one attached hydrogen (secondary N) is 1. The van der Waals surface area contributed by atoms with Crippen LogP contribution in [0.3, 0.4) is 0 Å². The summed E-state index contributed by atoms with van der Waals surface area (Å²) in [6, 6.07) is 2.73. The fraction of sp³-hybridized carbons (Fsp3) is 0.615. The molecule has 0 saturated carbocycles. The molecule has 1 aromatic rings. The SMILES string of the molecule is O=C(O)CCCCNC1CCCc2sccc21. The van der Waals surface area contributed by atoms with Gasteiger partial charge in [0.2, 0.25) is 0 Å². The maximum Gasteiger partial charge on any atom is 0.303 e. The van der Waals surface area contributed by atoms with E-state index in [1.165, 1.54) is 29.7 Å². The molecule has 2 rings (SSSR count). The first-order valence-electron chi connectivity index (χ1n) is 6.29. The quantitative estimate of drug-likeness (QED) is 0.766. The van der Waals surface area contributed by atoms with Crippen LogP contribution in [0.2, 0.25) is 0 Å². The Balaban J connectivity index is 1.72. The van der Waals surface area contributed by atoms with Gasteiger partial charge in [0.05, 0.1) is 0 Å². The molecule has 0 saturated heterocycles. The standard InChI is InChI=1S/C13H19NO2S/c15-13(16)6-1-2-8-14-11-4-3-5-12-10(11)7-9-17-12/h7,9,11,14H,1-6,8H2,(H,15,16). The van der Waals surface area contributed by atoms with Crippen molar-refractivity contribution >= 4 is 17.3 Å². The van der Waals surface area contributed by atoms with Crippen molar-refractivity contribution in [1.82, 2.24) is 5.32 Å². The third-order valence-corrected chi connectivity index (χ3v) is 4.26. The molecule has 0 aromatic carbocycles. The lowest BCUT2D eigenvalue weighted by molar-refractivity contribution is -0.137. The van der Waals surface area contributed by atoms with Gasteiger partial charge >= 0.3 is 5.97 Å². The molecule has 0 fully saturated rings. The van der Waals surface area contributed by atoms with Crippen molar-refractivity contribution in [1.29, 1.82) is 0 Å². The van der Waals surface area contributed by atoms with E-state index in [2.05, 4.69) is 16.8 Å². The Morgan fingerprint density at radius 2 is 2.41 bits per heavy atom. The maximum absolute atomic E-state index is 10.4. The van der Waals surface area contributed by atoms with Gasteiger partial charge in [0.1, 0.15) is 0 Å². The Morgan fingerprint density at radius 3 is 3.24 bits per heavy atom. The predicted molar refractivity (Wildman–Crippen MR) is 69.5 cm³/mol. The van der Waals surface area contributed by atoms with Gasteiger partial charge in [0.15, 0.2) is 0 Å². The molecule has 2 N–H and O–H groups in total. The van der Waals surface area contributed by atoms with Crippen LogP contribution in [0.25, 0.3) is 0 Å². The Bertz CT molecular complexity index is 375. The van der Waals surface area contributed by atoms with E-state index >= 15 is 0 Å². The highest BCUT2D eigenvalue weighted by molar-refractivity contribution is 7.10. The number of hydrogen-bond acceptors (Lipinski definition) is 3. The van der Waals surface area contributed by atoms with Crippen molar-refractivity contribution in [3.63, 3.8) is 0 Å². The second-order valence-electron chi connectivity index (χ2n) is 4.55. The number of rotatable bonds is 6. The molecule has 1 aliphatic rings. The molecular formula is C13H19NO2S. The van der Waals surface area contributed by atoms with Crippen LogP contribution in [0, 0.1) is 0 Å². The van der Waals surface area contributed by atoms with Crippen LogP contribution in [0.1, 0.15) is 48.6 Å². The first-order valence-corrected chi connectivity index (χ1v) is 7.17. The molecule has 1 atom stereocenters. The van der Waals surface area contributed by atoms with Crippen LogP contribution in [0.4, 0.5) is 0 Å². The van der Waals surface area contributed by atoms with Gasteiger partial charge in [0, 0.05) is 17.3 Å². The average Bonchev–Trinajstić information content (AvgIpc) is 2.77. The summed E-state index contributed by atoms with van der Waals surface area (Å²) in [5.74, 6) is -0.692. The molecule has 0 aliphatic heterocycles. The summed E-state index contributed by atoms with van der Waals surface area (Å²) >= 11 is 1.86. The van der Waals surface area contributed by atoms with Gasteiger partial charge in [-0.1, -0.05) is 0 Å². The molecule has 94 valence electrons. The lowest BCUT2D eigenvalue weighted by Gasteiger charge is -2.23. The largest absolute Gasteiger partial charge is 0.481 e. The van der Waals surface area contributed by atoms with Gasteiger partial charge in [-0.3, -0.25) is 4.79 Å².